The Kier molecular flexibility index (Phi) is 4.09. The van der Waals surface area contributed by atoms with Gasteiger partial charge in [0, 0.05) is 0 Å². The number of halogens is 2. The van der Waals surface area contributed by atoms with E-state index in [-0.39, 0.29) is 11.1 Å². The highest BCUT2D eigenvalue weighted by Gasteiger charge is 2.10. The van der Waals surface area contributed by atoms with E-state index in [4.69, 9.17) is 11.6 Å². The van der Waals surface area contributed by atoms with E-state index in [0.29, 0.717) is 6.29 Å². The van der Waals surface area contributed by atoms with Crippen molar-refractivity contribution >= 4 is 39.6 Å². The van der Waals surface area contributed by atoms with Crippen molar-refractivity contribution in [1.82, 2.24) is 0 Å². The van der Waals surface area contributed by atoms with Gasteiger partial charge in [-0.15, -0.1) is 11.6 Å². The van der Waals surface area contributed by atoms with Gasteiger partial charge in [0.15, 0.2) is 5.78 Å². The second-order valence-corrected chi connectivity index (χ2v) is 2.17. The van der Waals surface area contributed by atoms with Gasteiger partial charge in [-0.05, 0) is 0 Å². The van der Waals surface area contributed by atoms with Crippen LogP contribution in [0, 0.1) is 0 Å². The Hall–Kier alpha value is 0.110. The van der Waals surface area contributed by atoms with Gasteiger partial charge in [-0.3, -0.25) is 4.79 Å². The molecule has 0 aromatic carbocycles. The third kappa shape index (κ3) is 2.43. The molecule has 0 N–H and O–H groups in total. The zero-order valence-electron chi connectivity index (χ0n) is 3.93. The summed E-state index contributed by atoms with van der Waals surface area (Å²) in [5, 5.41) is -0.839. The zero-order valence-corrected chi connectivity index (χ0v) is 6.28. The number of carbonyl (C=O) groups excluding carboxylic acids is 2. The molecule has 0 aliphatic rings. The molecule has 2 nitrogen and oxygen atoms in total. The fraction of sp³-hybridized carbons (Fsp3) is 0.500. The van der Waals surface area contributed by atoms with Crippen molar-refractivity contribution in [2.45, 2.75) is 5.38 Å². The van der Waals surface area contributed by atoms with Crippen LogP contribution in [0.2, 0.25) is 0 Å². The topological polar surface area (TPSA) is 34.1 Å². The molecule has 0 spiro atoms. The van der Waals surface area contributed by atoms with Crippen LogP contribution in [0.5, 0.6) is 0 Å². The summed E-state index contributed by atoms with van der Waals surface area (Å²) in [6, 6.07) is 0. The average molecular weight is 199 g/mol. The second-order valence-electron chi connectivity index (χ2n) is 1.14. The van der Waals surface area contributed by atoms with Crippen LogP contribution in [0.25, 0.3) is 0 Å². The minimum Gasteiger partial charge on any atom is -0.301 e. The van der Waals surface area contributed by atoms with Crippen molar-refractivity contribution in [3.8, 4) is 0 Å². The summed E-state index contributed by atoms with van der Waals surface area (Å²) in [6.45, 7) is 0. The number of hydrogen-bond donors (Lipinski definition) is 0. The molecule has 0 heterocycles. The van der Waals surface area contributed by atoms with E-state index in [2.05, 4.69) is 15.9 Å². The third-order valence-electron chi connectivity index (χ3n) is 0.559. The Morgan fingerprint density at radius 3 is 2.50 bits per heavy atom. The van der Waals surface area contributed by atoms with Gasteiger partial charge in [-0.2, -0.15) is 0 Å². The smallest absolute Gasteiger partial charge is 0.168 e. The molecule has 0 rings (SSSR count). The van der Waals surface area contributed by atoms with Gasteiger partial charge in [-0.25, -0.2) is 0 Å². The van der Waals surface area contributed by atoms with Crippen molar-refractivity contribution in [3.05, 3.63) is 0 Å². The minimum absolute atomic E-state index is 0.139. The van der Waals surface area contributed by atoms with Gasteiger partial charge in [0.25, 0.3) is 0 Å². The van der Waals surface area contributed by atoms with E-state index in [1.165, 1.54) is 0 Å². The van der Waals surface area contributed by atoms with E-state index in [0.717, 1.165) is 0 Å². The zero-order chi connectivity index (χ0) is 6.57. The van der Waals surface area contributed by atoms with Crippen LogP contribution in [0.15, 0.2) is 0 Å². The maximum Gasteiger partial charge on any atom is 0.168 e. The molecule has 0 aromatic rings. The quantitative estimate of drug-likeness (QED) is 0.382. The van der Waals surface area contributed by atoms with Crippen molar-refractivity contribution in [2.75, 3.05) is 5.33 Å². The van der Waals surface area contributed by atoms with Crippen LogP contribution < -0.4 is 0 Å². The Morgan fingerprint density at radius 2 is 2.38 bits per heavy atom. The number of hydrogen-bond acceptors (Lipinski definition) is 2. The molecule has 1 atom stereocenters. The first kappa shape index (κ1) is 8.11. The predicted octanol–water partition coefficient (Wildman–Crippen LogP) is 0.757. The number of alkyl halides is 2. The lowest BCUT2D eigenvalue weighted by Crippen LogP contribution is -2.16. The van der Waals surface area contributed by atoms with E-state index >= 15 is 0 Å². The van der Waals surface area contributed by atoms with Gasteiger partial charge >= 0.3 is 0 Å². The van der Waals surface area contributed by atoms with Crippen molar-refractivity contribution < 1.29 is 9.59 Å². The van der Waals surface area contributed by atoms with E-state index in [1.54, 1.807) is 0 Å². The Morgan fingerprint density at radius 1 is 1.88 bits per heavy atom. The fourth-order valence-electron chi connectivity index (χ4n) is 0.150. The summed E-state index contributed by atoms with van der Waals surface area (Å²) >= 11 is 8.03. The van der Waals surface area contributed by atoms with E-state index in [9.17, 15) is 9.59 Å². The van der Waals surface area contributed by atoms with Gasteiger partial charge in [-0.1, -0.05) is 15.9 Å². The highest BCUT2D eigenvalue weighted by atomic mass is 79.9. The van der Waals surface area contributed by atoms with Crippen molar-refractivity contribution in [3.63, 3.8) is 0 Å². The summed E-state index contributed by atoms with van der Waals surface area (Å²) in [5.41, 5.74) is 0. The Bertz CT molecular complexity index is 104. The molecule has 0 saturated heterocycles. The van der Waals surface area contributed by atoms with Crippen LogP contribution in [-0.4, -0.2) is 22.8 Å². The molecule has 8 heavy (non-hydrogen) atoms. The molecule has 46 valence electrons. The fourth-order valence-corrected chi connectivity index (χ4v) is 0.762. The average Bonchev–Trinajstić information content (AvgIpc) is 1.84. The molecule has 0 saturated carbocycles. The molecular formula is C4H4BrClO2. The maximum absolute atomic E-state index is 10.3. The number of aldehydes is 1. The van der Waals surface area contributed by atoms with Gasteiger partial charge in [0.1, 0.15) is 11.7 Å². The number of carbonyl (C=O) groups is 2. The van der Waals surface area contributed by atoms with Gasteiger partial charge < -0.3 is 4.79 Å². The van der Waals surface area contributed by atoms with Crippen LogP contribution in [0.1, 0.15) is 0 Å². The van der Waals surface area contributed by atoms with E-state index < -0.39 is 5.38 Å². The summed E-state index contributed by atoms with van der Waals surface area (Å²) in [5.74, 6) is -0.304. The molecule has 1 unspecified atom stereocenters. The molecule has 0 bridgehead atoms. The first-order chi connectivity index (χ1) is 3.72. The molecule has 0 fully saturated rings. The third-order valence-corrected chi connectivity index (χ3v) is 1.46. The standard InChI is InChI=1S/C4H4BrClO2/c5-1-4(8)3(6)2-7/h2-3H,1H2. The molecule has 0 aliphatic carbocycles. The normalized spacial score (nSPS) is 12.8. The van der Waals surface area contributed by atoms with Crippen LogP contribution in [0.4, 0.5) is 0 Å². The molecule has 0 amide bonds. The number of ketones is 1. The largest absolute Gasteiger partial charge is 0.301 e. The molecular weight excluding hydrogens is 195 g/mol. The number of rotatable bonds is 3. The Balaban J connectivity index is 3.62. The molecule has 4 heteroatoms. The lowest BCUT2D eigenvalue weighted by atomic mass is 10.3. The number of Topliss-reactive ketones (excluding diaryl/α,β-unsaturated/α-hetero) is 1. The molecule has 0 radical (unpaired) electrons. The van der Waals surface area contributed by atoms with Crippen LogP contribution in [-0.2, 0) is 9.59 Å². The Labute approximate surface area is 60.3 Å². The highest BCUT2D eigenvalue weighted by Crippen LogP contribution is 1.95. The van der Waals surface area contributed by atoms with Crippen molar-refractivity contribution in [2.24, 2.45) is 0 Å². The summed E-state index contributed by atoms with van der Waals surface area (Å²) < 4.78 is 0. The lowest BCUT2D eigenvalue weighted by Gasteiger charge is -1.91. The summed E-state index contributed by atoms with van der Waals surface area (Å²) in [4.78, 5) is 20.1. The van der Waals surface area contributed by atoms with Gasteiger partial charge in [0.2, 0.25) is 0 Å². The summed E-state index contributed by atoms with van der Waals surface area (Å²) in [7, 11) is 0. The lowest BCUT2D eigenvalue weighted by molar-refractivity contribution is -0.119. The molecule has 0 aromatic heterocycles. The first-order valence-corrected chi connectivity index (χ1v) is 3.46. The van der Waals surface area contributed by atoms with E-state index in [1.807, 2.05) is 0 Å². The maximum atomic E-state index is 10.3. The minimum atomic E-state index is -0.977. The van der Waals surface area contributed by atoms with Crippen LogP contribution in [0.3, 0.4) is 0 Å². The summed E-state index contributed by atoms with van der Waals surface area (Å²) in [6.07, 6.45) is 0.408. The predicted molar refractivity (Wildman–Crippen MR) is 34.5 cm³/mol. The van der Waals surface area contributed by atoms with Gasteiger partial charge in [0.05, 0.1) is 5.33 Å². The van der Waals surface area contributed by atoms with Crippen molar-refractivity contribution in [1.29, 1.82) is 0 Å². The second kappa shape index (κ2) is 4.04. The molecule has 0 aliphatic heterocycles. The highest BCUT2D eigenvalue weighted by molar-refractivity contribution is 9.09. The SMILES string of the molecule is O=CC(Cl)C(=O)CBr. The first-order valence-electron chi connectivity index (χ1n) is 1.90. The van der Waals surface area contributed by atoms with Crippen LogP contribution >= 0.6 is 27.5 Å². The monoisotopic (exact) mass is 198 g/mol.